The number of halogens is 1. The molecule has 1 amide bonds. The van der Waals surface area contributed by atoms with Crippen molar-refractivity contribution in [1.29, 1.82) is 5.26 Å². The van der Waals surface area contributed by atoms with Crippen LogP contribution in [0.3, 0.4) is 0 Å². The zero-order valence-electron chi connectivity index (χ0n) is 30.0. The van der Waals surface area contributed by atoms with Gasteiger partial charge in [-0.1, -0.05) is 18.2 Å². The van der Waals surface area contributed by atoms with Crippen LogP contribution in [-0.2, 0) is 24.8 Å². The van der Waals surface area contributed by atoms with E-state index in [1.807, 2.05) is 45.2 Å². The lowest BCUT2D eigenvalue weighted by Gasteiger charge is -2.40. The molecule has 0 aliphatic carbocycles. The molecule has 11 heteroatoms. The van der Waals surface area contributed by atoms with Crippen molar-refractivity contribution in [1.82, 2.24) is 19.4 Å². The van der Waals surface area contributed by atoms with E-state index in [0.717, 1.165) is 71.1 Å². The summed E-state index contributed by atoms with van der Waals surface area (Å²) in [5.41, 5.74) is 8.80. The Kier molecular flexibility index (Phi) is 10.6. The van der Waals surface area contributed by atoms with Gasteiger partial charge in [0.2, 0.25) is 0 Å². The standard InChI is InChI=1S/C40H43BrN6O4/c1-25-26(2)39(48)44(4)23-33(25)28-20-36(50-5)34(37(21-28)51-6)24-45-15-17-46(18-16-45)35-11-8-10-31-27(3)47(14-13-32(31)35)40(49)29(22-42)19-30-9-7-12-38(41)43-30/h7-12,19-21,23,27H,13-18,24H2,1-6H3. The minimum absolute atomic E-state index is 0.00130. The minimum Gasteiger partial charge on any atom is -0.496 e. The SMILES string of the molecule is COc1cc(-c2cn(C)c(=O)c(C)c2C)cc(OC)c1CN1CCN(c2cccc3c2CCN(C(=O)C(C#N)=Cc2cccc(Br)n2)C3C)CC1. The van der Waals surface area contributed by atoms with Crippen LogP contribution in [-0.4, -0.2) is 72.2 Å². The lowest BCUT2D eigenvalue weighted by molar-refractivity contribution is -0.129. The summed E-state index contributed by atoms with van der Waals surface area (Å²) in [4.78, 5) is 37.1. The summed E-state index contributed by atoms with van der Waals surface area (Å²) in [6.45, 7) is 10.5. The fourth-order valence-corrected chi connectivity index (χ4v) is 7.66. The van der Waals surface area contributed by atoms with Crippen LogP contribution in [0.15, 0.2) is 69.7 Å². The molecule has 2 aromatic carbocycles. The van der Waals surface area contributed by atoms with Crippen LogP contribution in [0.25, 0.3) is 17.2 Å². The summed E-state index contributed by atoms with van der Waals surface area (Å²) in [6, 6.07) is 17.8. The van der Waals surface area contributed by atoms with Crippen molar-refractivity contribution < 1.29 is 14.3 Å². The molecule has 2 aliphatic heterocycles. The van der Waals surface area contributed by atoms with Gasteiger partial charge in [0.15, 0.2) is 0 Å². The molecule has 0 bridgehead atoms. The highest BCUT2D eigenvalue weighted by molar-refractivity contribution is 9.10. The lowest BCUT2D eigenvalue weighted by Crippen LogP contribution is -2.47. The van der Waals surface area contributed by atoms with Crippen molar-refractivity contribution in [2.24, 2.45) is 7.05 Å². The van der Waals surface area contributed by atoms with E-state index in [2.05, 4.69) is 55.0 Å². The van der Waals surface area contributed by atoms with Crippen LogP contribution in [0.2, 0.25) is 0 Å². The molecular weight excluding hydrogens is 708 g/mol. The second-order valence-corrected chi connectivity index (χ2v) is 14.0. The Morgan fingerprint density at radius 1 is 1.02 bits per heavy atom. The summed E-state index contributed by atoms with van der Waals surface area (Å²) in [5, 5.41) is 9.88. The van der Waals surface area contributed by atoms with Crippen molar-refractivity contribution in [3.05, 3.63) is 109 Å². The van der Waals surface area contributed by atoms with E-state index in [-0.39, 0.29) is 23.1 Å². The monoisotopic (exact) mass is 750 g/mol. The summed E-state index contributed by atoms with van der Waals surface area (Å²) in [5.74, 6) is 1.23. The topological polar surface area (TPSA) is 104 Å². The lowest BCUT2D eigenvalue weighted by atomic mass is 9.91. The van der Waals surface area contributed by atoms with E-state index >= 15 is 0 Å². The Morgan fingerprint density at radius 2 is 1.71 bits per heavy atom. The van der Waals surface area contributed by atoms with Gasteiger partial charge in [-0.3, -0.25) is 14.5 Å². The first kappa shape index (κ1) is 35.9. The maximum atomic E-state index is 13.6. The van der Waals surface area contributed by atoms with Gasteiger partial charge in [-0.25, -0.2) is 4.98 Å². The third-order valence-electron chi connectivity index (χ3n) is 10.3. The third-order valence-corrected chi connectivity index (χ3v) is 10.7. The van der Waals surface area contributed by atoms with E-state index < -0.39 is 0 Å². The van der Waals surface area contributed by atoms with Crippen molar-refractivity contribution >= 4 is 33.6 Å². The summed E-state index contributed by atoms with van der Waals surface area (Å²) >= 11 is 3.36. The normalized spacial score (nSPS) is 16.4. The third kappa shape index (κ3) is 7.16. The Bertz CT molecular complexity index is 2090. The van der Waals surface area contributed by atoms with E-state index in [1.54, 1.807) is 48.9 Å². The number of hydrogen-bond acceptors (Lipinski definition) is 8. The zero-order chi connectivity index (χ0) is 36.4. The van der Waals surface area contributed by atoms with Crippen molar-refractivity contribution in [3.63, 3.8) is 0 Å². The Labute approximate surface area is 307 Å². The first-order valence-electron chi connectivity index (χ1n) is 17.1. The van der Waals surface area contributed by atoms with Crippen LogP contribution in [0.5, 0.6) is 11.5 Å². The van der Waals surface area contributed by atoms with E-state index in [1.165, 1.54) is 11.3 Å². The quantitative estimate of drug-likeness (QED) is 0.119. The second-order valence-electron chi connectivity index (χ2n) is 13.2. The molecule has 1 unspecified atom stereocenters. The Morgan fingerprint density at radius 3 is 2.35 bits per heavy atom. The number of piperazine rings is 1. The molecule has 4 aromatic rings. The number of nitriles is 1. The molecule has 0 N–H and O–H groups in total. The highest BCUT2D eigenvalue weighted by Gasteiger charge is 2.32. The van der Waals surface area contributed by atoms with Crippen LogP contribution in [0.4, 0.5) is 5.69 Å². The largest absolute Gasteiger partial charge is 0.496 e. The van der Waals surface area contributed by atoms with Gasteiger partial charge < -0.3 is 23.8 Å². The Balaban J connectivity index is 1.17. The number of ether oxygens (including phenoxy) is 2. The number of hydrogen-bond donors (Lipinski definition) is 0. The smallest absolute Gasteiger partial charge is 0.265 e. The molecule has 0 saturated carbocycles. The van der Waals surface area contributed by atoms with Gasteiger partial charge >= 0.3 is 0 Å². The number of aromatic nitrogens is 2. The molecule has 0 spiro atoms. The van der Waals surface area contributed by atoms with Gasteiger partial charge in [0.1, 0.15) is 27.7 Å². The molecule has 1 fully saturated rings. The van der Waals surface area contributed by atoms with Gasteiger partial charge in [0, 0.05) is 69.3 Å². The van der Waals surface area contributed by atoms with E-state index in [4.69, 9.17) is 9.47 Å². The van der Waals surface area contributed by atoms with Crippen molar-refractivity contribution in [3.8, 4) is 28.7 Å². The Hall–Kier alpha value is -4.92. The number of nitrogens with zero attached hydrogens (tertiary/aromatic N) is 6. The van der Waals surface area contributed by atoms with Gasteiger partial charge in [0.25, 0.3) is 11.5 Å². The van der Waals surface area contributed by atoms with Crippen LogP contribution < -0.4 is 19.9 Å². The molecule has 4 heterocycles. The predicted octanol–water partition coefficient (Wildman–Crippen LogP) is 6.22. The van der Waals surface area contributed by atoms with E-state index in [9.17, 15) is 14.9 Å². The summed E-state index contributed by atoms with van der Waals surface area (Å²) in [6.07, 6.45) is 4.14. The number of benzene rings is 2. The second kappa shape index (κ2) is 15.1. The maximum Gasteiger partial charge on any atom is 0.265 e. The number of aryl methyl sites for hydroxylation is 1. The van der Waals surface area contributed by atoms with Gasteiger partial charge in [-0.05, 0) is 102 Å². The van der Waals surface area contributed by atoms with Crippen LogP contribution in [0.1, 0.15) is 46.5 Å². The summed E-state index contributed by atoms with van der Waals surface area (Å²) < 4.78 is 14.1. The maximum absolute atomic E-state index is 13.6. The molecule has 1 saturated heterocycles. The van der Waals surface area contributed by atoms with Crippen LogP contribution >= 0.6 is 15.9 Å². The minimum atomic E-state index is -0.282. The first-order chi connectivity index (χ1) is 24.5. The molecule has 2 aromatic heterocycles. The molecule has 0 radical (unpaired) electrons. The first-order valence-corrected chi connectivity index (χ1v) is 17.9. The van der Waals surface area contributed by atoms with E-state index in [0.29, 0.717) is 29.8 Å². The highest BCUT2D eigenvalue weighted by atomic mass is 79.9. The van der Waals surface area contributed by atoms with Gasteiger partial charge in [0.05, 0.1) is 31.5 Å². The van der Waals surface area contributed by atoms with Crippen LogP contribution in [0, 0.1) is 25.2 Å². The highest BCUT2D eigenvalue weighted by Crippen LogP contribution is 2.39. The number of pyridine rings is 2. The molecule has 6 rings (SSSR count). The van der Waals surface area contributed by atoms with Gasteiger partial charge in [-0.15, -0.1) is 0 Å². The van der Waals surface area contributed by atoms with Crippen molar-refractivity contribution in [2.45, 2.75) is 39.8 Å². The van der Waals surface area contributed by atoms with Gasteiger partial charge in [-0.2, -0.15) is 5.26 Å². The number of methoxy groups -OCH3 is 2. The average molecular weight is 752 g/mol. The number of anilines is 1. The molecule has 2 aliphatic rings. The number of carbonyl (C=O) groups is 1. The molecule has 10 nitrogen and oxygen atoms in total. The molecule has 1 atom stereocenters. The summed E-state index contributed by atoms with van der Waals surface area (Å²) in [7, 11) is 5.14. The molecule has 264 valence electrons. The number of carbonyl (C=O) groups excluding carboxylic acids is 1. The average Bonchev–Trinajstić information content (AvgIpc) is 3.14. The molecule has 51 heavy (non-hydrogen) atoms. The number of rotatable bonds is 8. The van der Waals surface area contributed by atoms with Crippen molar-refractivity contribution in [2.75, 3.05) is 51.8 Å². The fraction of sp³-hybridized carbons (Fsp3) is 0.350. The fourth-order valence-electron chi connectivity index (χ4n) is 7.31. The number of amides is 1. The zero-order valence-corrected chi connectivity index (χ0v) is 31.6. The molecular formula is C40H43BrN6O4. The number of fused-ring (bicyclic) bond motifs is 1. The predicted molar refractivity (Wildman–Crippen MR) is 203 cm³/mol.